The number of hydrogen-bond donors (Lipinski definition) is 2. The molecule has 19 heavy (non-hydrogen) atoms. The van der Waals surface area contributed by atoms with Crippen molar-refractivity contribution in [2.75, 3.05) is 17.7 Å². The number of halogens is 2. The molecule has 0 aliphatic carbocycles. The van der Waals surface area contributed by atoms with Crippen molar-refractivity contribution in [1.29, 1.82) is 0 Å². The minimum Gasteiger partial charge on any atom is -0.372 e. The molecule has 1 amide bonds. The van der Waals surface area contributed by atoms with Gasteiger partial charge in [0.2, 0.25) is 0 Å². The maximum Gasteiger partial charge on any atom is 0.275 e. The lowest BCUT2D eigenvalue weighted by atomic mass is 10.3. The van der Waals surface area contributed by atoms with Gasteiger partial charge in [-0.25, -0.2) is 9.97 Å². The van der Waals surface area contributed by atoms with Crippen LogP contribution >= 0.6 is 27.5 Å². The summed E-state index contributed by atoms with van der Waals surface area (Å²) in [5.41, 5.74) is 0.808. The van der Waals surface area contributed by atoms with Crippen LogP contribution in [0.25, 0.3) is 0 Å². The average Bonchev–Trinajstić information content (AvgIpc) is 2.43. The van der Waals surface area contributed by atoms with E-state index in [1.54, 1.807) is 25.2 Å². The van der Waals surface area contributed by atoms with E-state index < -0.39 is 0 Å². The highest BCUT2D eigenvalue weighted by atomic mass is 79.9. The van der Waals surface area contributed by atoms with Gasteiger partial charge < -0.3 is 10.6 Å². The number of carbonyl (C=O) groups excluding carboxylic acids is 1. The zero-order valence-electron chi connectivity index (χ0n) is 9.95. The van der Waals surface area contributed by atoms with Crippen LogP contribution in [0.15, 0.2) is 35.1 Å². The highest BCUT2D eigenvalue weighted by molar-refractivity contribution is 9.10. The molecule has 2 N–H and O–H groups in total. The molecular weight excluding hydrogens is 332 g/mol. The highest BCUT2D eigenvalue weighted by Gasteiger charge is 2.10. The summed E-state index contributed by atoms with van der Waals surface area (Å²) in [5, 5.41) is 6.08. The van der Waals surface area contributed by atoms with Crippen LogP contribution in [-0.4, -0.2) is 22.9 Å². The number of hydrogen-bond acceptors (Lipinski definition) is 4. The number of nitrogens with one attached hydrogen (secondary N) is 2. The van der Waals surface area contributed by atoms with E-state index in [4.69, 9.17) is 11.6 Å². The molecule has 5 nitrogen and oxygen atoms in total. The van der Waals surface area contributed by atoms with Crippen molar-refractivity contribution in [3.8, 4) is 0 Å². The van der Waals surface area contributed by atoms with E-state index in [1.807, 2.05) is 0 Å². The van der Waals surface area contributed by atoms with Gasteiger partial charge in [0.15, 0.2) is 0 Å². The van der Waals surface area contributed by atoms with E-state index in [-0.39, 0.29) is 11.6 Å². The highest BCUT2D eigenvalue weighted by Crippen LogP contribution is 2.26. The molecule has 98 valence electrons. The summed E-state index contributed by atoms with van der Waals surface area (Å²) in [7, 11) is 1.73. The lowest BCUT2D eigenvalue weighted by molar-refractivity contribution is 0.102. The molecule has 0 aliphatic rings. The monoisotopic (exact) mass is 340 g/mol. The van der Waals surface area contributed by atoms with E-state index in [2.05, 4.69) is 36.5 Å². The zero-order valence-corrected chi connectivity index (χ0v) is 12.3. The third-order valence-electron chi connectivity index (χ3n) is 2.32. The molecule has 0 spiro atoms. The van der Waals surface area contributed by atoms with Crippen molar-refractivity contribution in [3.05, 3.63) is 45.8 Å². The summed E-state index contributed by atoms with van der Waals surface area (Å²) < 4.78 is 0.741. The third kappa shape index (κ3) is 3.42. The number of aromatic nitrogens is 2. The Bertz CT molecular complexity index is 603. The van der Waals surface area contributed by atoms with Crippen molar-refractivity contribution >= 4 is 44.9 Å². The largest absolute Gasteiger partial charge is 0.372 e. The third-order valence-corrected chi connectivity index (χ3v) is 3.24. The summed E-state index contributed by atoms with van der Waals surface area (Å²) in [5.74, 6) is 0.249. The summed E-state index contributed by atoms with van der Waals surface area (Å²) in [6, 6.07) is 5.13. The molecule has 1 heterocycles. The number of benzene rings is 1. The molecule has 1 aromatic carbocycles. The van der Waals surface area contributed by atoms with Gasteiger partial charge >= 0.3 is 0 Å². The average molecular weight is 342 g/mol. The van der Waals surface area contributed by atoms with Gasteiger partial charge in [-0.2, -0.15) is 0 Å². The van der Waals surface area contributed by atoms with E-state index in [0.717, 1.165) is 4.47 Å². The van der Waals surface area contributed by atoms with Gasteiger partial charge in [0.25, 0.3) is 5.91 Å². The first-order valence-electron chi connectivity index (χ1n) is 5.36. The quantitative estimate of drug-likeness (QED) is 0.900. The fourth-order valence-electron chi connectivity index (χ4n) is 1.35. The van der Waals surface area contributed by atoms with E-state index in [0.29, 0.717) is 16.5 Å². The van der Waals surface area contributed by atoms with Gasteiger partial charge in [-0.1, -0.05) is 11.6 Å². The first-order valence-corrected chi connectivity index (χ1v) is 6.53. The second kappa shape index (κ2) is 5.99. The van der Waals surface area contributed by atoms with Crippen molar-refractivity contribution < 1.29 is 4.79 Å². The number of nitrogens with zero attached hydrogens (tertiary/aromatic N) is 2. The Balaban J connectivity index is 2.18. The van der Waals surface area contributed by atoms with Crippen LogP contribution in [0.3, 0.4) is 0 Å². The Labute approximate surface area is 123 Å². The Morgan fingerprint density at radius 2 is 2.11 bits per heavy atom. The number of rotatable bonds is 3. The van der Waals surface area contributed by atoms with Crippen molar-refractivity contribution in [2.45, 2.75) is 0 Å². The van der Waals surface area contributed by atoms with Gasteiger partial charge in [-0.05, 0) is 34.1 Å². The second-order valence-corrected chi connectivity index (χ2v) is 4.91. The van der Waals surface area contributed by atoms with Crippen molar-refractivity contribution in [3.63, 3.8) is 0 Å². The summed E-state index contributed by atoms with van der Waals surface area (Å²) in [6.07, 6.45) is 2.89. The molecular formula is C12H10BrClN4O. The van der Waals surface area contributed by atoms with Crippen LogP contribution in [0.1, 0.15) is 10.5 Å². The summed E-state index contributed by atoms with van der Waals surface area (Å²) >= 11 is 9.21. The molecule has 0 fully saturated rings. The minimum atomic E-state index is -0.349. The fraction of sp³-hybridized carbons (Fsp3) is 0.0833. The number of carbonyl (C=O) groups is 1. The molecule has 7 heteroatoms. The standard InChI is InChI=1S/C12H10BrClN4O/c1-15-11-6-16-10(5-17-11)12(19)18-9-4-7(14)2-3-8(9)13/h2-6H,1H3,(H,15,17)(H,18,19). The Hall–Kier alpha value is -1.66. The van der Waals surface area contributed by atoms with Gasteiger partial charge in [0, 0.05) is 16.5 Å². The van der Waals surface area contributed by atoms with Gasteiger partial charge in [0.1, 0.15) is 11.5 Å². The van der Waals surface area contributed by atoms with Crippen LogP contribution in [-0.2, 0) is 0 Å². The maximum atomic E-state index is 12.0. The smallest absolute Gasteiger partial charge is 0.275 e. The van der Waals surface area contributed by atoms with E-state index in [1.165, 1.54) is 12.4 Å². The van der Waals surface area contributed by atoms with E-state index >= 15 is 0 Å². The molecule has 2 rings (SSSR count). The fourth-order valence-corrected chi connectivity index (χ4v) is 1.87. The predicted octanol–water partition coefficient (Wildman–Crippen LogP) is 3.19. The van der Waals surface area contributed by atoms with E-state index in [9.17, 15) is 4.79 Å². The van der Waals surface area contributed by atoms with Crippen LogP contribution in [0.5, 0.6) is 0 Å². The van der Waals surface area contributed by atoms with Crippen LogP contribution in [0.2, 0.25) is 5.02 Å². The zero-order chi connectivity index (χ0) is 13.8. The molecule has 2 aromatic rings. The second-order valence-electron chi connectivity index (χ2n) is 3.62. The minimum absolute atomic E-state index is 0.228. The van der Waals surface area contributed by atoms with Crippen LogP contribution in [0, 0.1) is 0 Å². The molecule has 0 saturated heterocycles. The molecule has 0 aliphatic heterocycles. The van der Waals surface area contributed by atoms with Gasteiger partial charge in [-0.15, -0.1) is 0 Å². The molecule has 0 radical (unpaired) electrons. The Morgan fingerprint density at radius 3 is 2.74 bits per heavy atom. The molecule has 0 unspecified atom stereocenters. The summed E-state index contributed by atoms with van der Waals surface area (Å²) in [6.45, 7) is 0. The lowest BCUT2D eigenvalue weighted by Gasteiger charge is -2.07. The normalized spacial score (nSPS) is 10.1. The number of amides is 1. The van der Waals surface area contributed by atoms with Gasteiger partial charge in [-0.3, -0.25) is 4.79 Å². The van der Waals surface area contributed by atoms with Crippen LogP contribution in [0.4, 0.5) is 11.5 Å². The van der Waals surface area contributed by atoms with Crippen molar-refractivity contribution in [2.24, 2.45) is 0 Å². The van der Waals surface area contributed by atoms with Crippen LogP contribution < -0.4 is 10.6 Å². The summed E-state index contributed by atoms with van der Waals surface area (Å²) in [4.78, 5) is 20.0. The Morgan fingerprint density at radius 1 is 1.32 bits per heavy atom. The first-order chi connectivity index (χ1) is 9.10. The number of anilines is 2. The van der Waals surface area contributed by atoms with Gasteiger partial charge in [0.05, 0.1) is 18.1 Å². The van der Waals surface area contributed by atoms with Crippen molar-refractivity contribution in [1.82, 2.24) is 9.97 Å². The topological polar surface area (TPSA) is 66.9 Å². The molecule has 0 saturated carbocycles. The first kappa shape index (κ1) is 13.8. The maximum absolute atomic E-state index is 12.0. The Kier molecular flexibility index (Phi) is 4.34. The molecule has 0 bridgehead atoms. The molecule has 1 aromatic heterocycles. The SMILES string of the molecule is CNc1cnc(C(=O)Nc2cc(Cl)ccc2Br)cn1. The predicted molar refractivity (Wildman–Crippen MR) is 78.7 cm³/mol. The lowest BCUT2D eigenvalue weighted by Crippen LogP contribution is -2.14. The molecule has 0 atom stereocenters.